The van der Waals surface area contributed by atoms with Crippen LogP contribution in [0.3, 0.4) is 0 Å². The van der Waals surface area contributed by atoms with E-state index in [1.807, 2.05) is 0 Å². The van der Waals surface area contributed by atoms with E-state index < -0.39 is 0 Å². The number of nitrogens with zero attached hydrogens (tertiary/aromatic N) is 1. The maximum Gasteiger partial charge on any atom is 0.258 e. The fourth-order valence-electron chi connectivity index (χ4n) is 2.76. The van der Waals surface area contributed by atoms with Gasteiger partial charge >= 0.3 is 0 Å². The summed E-state index contributed by atoms with van der Waals surface area (Å²) in [5.41, 5.74) is 1.79. The van der Waals surface area contributed by atoms with Crippen molar-refractivity contribution in [3.05, 3.63) is 76.7 Å². The minimum absolute atomic E-state index is 0.284. The van der Waals surface area contributed by atoms with Gasteiger partial charge in [0, 0.05) is 24.1 Å². The summed E-state index contributed by atoms with van der Waals surface area (Å²) < 4.78 is 24.1. The third-order valence-electron chi connectivity index (χ3n) is 4.18. The quantitative estimate of drug-likeness (QED) is 0.564. The van der Waals surface area contributed by atoms with Gasteiger partial charge in [0.2, 0.25) is 0 Å². The lowest BCUT2D eigenvalue weighted by atomic mass is 10.2. The summed E-state index contributed by atoms with van der Waals surface area (Å²) in [6.07, 6.45) is 1.63. The minimum atomic E-state index is -0.335. The molecule has 0 unspecified atom stereocenters. The number of amides is 1. The maximum atomic E-state index is 13.1. The Hall–Kier alpha value is -2.77. The molecule has 2 heterocycles. The molecule has 1 amide bonds. The topological polar surface area (TPSA) is 60.5 Å². The Morgan fingerprint density at radius 3 is 2.62 bits per heavy atom. The molecule has 1 aliphatic rings. The molecule has 0 saturated carbocycles. The highest BCUT2D eigenvalue weighted by molar-refractivity contribution is 7.98. The molecule has 2 aromatic carbocycles. The number of anilines is 1. The number of fused-ring (bicyclic) bond motifs is 1. The molecule has 29 heavy (non-hydrogen) atoms. The summed E-state index contributed by atoms with van der Waals surface area (Å²) in [4.78, 5) is 17.2. The molecule has 0 atom stereocenters. The largest absolute Gasteiger partial charge is 0.486 e. The zero-order valence-corrected chi connectivity index (χ0v) is 16.7. The molecule has 8 heteroatoms. The van der Waals surface area contributed by atoms with Crippen molar-refractivity contribution in [2.45, 2.75) is 10.8 Å². The monoisotopic (exact) mass is 430 g/mol. The van der Waals surface area contributed by atoms with Crippen molar-refractivity contribution in [1.29, 1.82) is 0 Å². The molecule has 1 aliphatic heterocycles. The number of benzene rings is 2. The third-order valence-corrected chi connectivity index (χ3v) is 5.57. The van der Waals surface area contributed by atoms with Crippen molar-refractivity contribution in [1.82, 2.24) is 4.98 Å². The number of ether oxygens (including phenoxy) is 2. The van der Waals surface area contributed by atoms with E-state index >= 15 is 0 Å². The van der Waals surface area contributed by atoms with Crippen molar-refractivity contribution in [3.63, 3.8) is 0 Å². The molecule has 0 aliphatic carbocycles. The van der Waals surface area contributed by atoms with Crippen LogP contribution >= 0.6 is 23.4 Å². The average molecular weight is 431 g/mol. The fourth-order valence-corrected chi connectivity index (χ4v) is 3.91. The van der Waals surface area contributed by atoms with Crippen molar-refractivity contribution >= 4 is 35.0 Å². The molecule has 0 saturated heterocycles. The van der Waals surface area contributed by atoms with Crippen LogP contribution in [-0.4, -0.2) is 24.1 Å². The highest BCUT2D eigenvalue weighted by Crippen LogP contribution is 2.38. The molecule has 1 N–H and O–H groups in total. The summed E-state index contributed by atoms with van der Waals surface area (Å²) in [6, 6.07) is 12.9. The second-order valence-corrected chi connectivity index (χ2v) is 7.57. The van der Waals surface area contributed by atoms with E-state index in [-0.39, 0.29) is 11.7 Å². The highest BCUT2D eigenvalue weighted by atomic mass is 35.5. The molecule has 0 radical (unpaired) electrons. The van der Waals surface area contributed by atoms with Crippen LogP contribution < -0.4 is 14.8 Å². The Morgan fingerprint density at radius 1 is 1.14 bits per heavy atom. The van der Waals surface area contributed by atoms with Crippen LogP contribution in [0.5, 0.6) is 11.5 Å². The molecule has 3 aromatic rings. The SMILES string of the molecule is O=C(Nc1cc2c(cc1Cl)OCCO2)c1cccnc1SCc1ccc(F)cc1. The predicted molar refractivity (Wildman–Crippen MR) is 111 cm³/mol. The number of halogens is 2. The van der Waals surface area contributed by atoms with Gasteiger partial charge in [0.1, 0.15) is 24.1 Å². The molecule has 0 bridgehead atoms. The van der Waals surface area contributed by atoms with Gasteiger partial charge in [-0.05, 0) is 29.8 Å². The Balaban J connectivity index is 1.51. The van der Waals surface area contributed by atoms with E-state index in [2.05, 4.69) is 10.3 Å². The Bertz CT molecular complexity index is 1050. The fraction of sp³-hybridized carbons (Fsp3) is 0.143. The van der Waals surface area contributed by atoms with Crippen LogP contribution in [0, 0.1) is 5.82 Å². The number of rotatable bonds is 5. The van der Waals surface area contributed by atoms with Crippen molar-refractivity contribution in [2.24, 2.45) is 0 Å². The van der Waals surface area contributed by atoms with Gasteiger partial charge in [0.15, 0.2) is 11.5 Å². The number of hydrogen-bond acceptors (Lipinski definition) is 5. The van der Waals surface area contributed by atoms with Crippen molar-refractivity contribution < 1.29 is 18.7 Å². The van der Waals surface area contributed by atoms with E-state index in [4.69, 9.17) is 21.1 Å². The lowest BCUT2D eigenvalue weighted by Crippen LogP contribution is -2.17. The van der Waals surface area contributed by atoms with Gasteiger partial charge in [0.05, 0.1) is 16.3 Å². The van der Waals surface area contributed by atoms with Gasteiger partial charge in [-0.25, -0.2) is 9.37 Å². The van der Waals surface area contributed by atoms with Gasteiger partial charge in [0.25, 0.3) is 5.91 Å². The molecule has 4 rings (SSSR count). The van der Waals surface area contributed by atoms with Gasteiger partial charge in [-0.3, -0.25) is 4.79 Å². The zero-order valence-electron chi connectivity index (χ0n) is 15.2. The molecule has 0 fully saturated rings. The lowest BCUT2D eigenvalue weighted by molar-refractivity contribution is 0.102. The zero-order chi connectivity index (χ0) is 20.2. The minimum Gasteiger partial charge on any atom is -0.486 e. The van der Waals surface area contributed by atoms with Crippen LogP contribution in [0.15, 0.2) is 59.8 Å². The Morgan fingerprint density at radius 2 is 1.86 bits per heavy atom. The number of carbonyl (C=O) groups excluding carboxylic acids is 1. The number of hydrogen-bond donors (Lipinski definition) is 1. The first-order valence-electron chi connectivity index (χ1n) is 8.83. The van der Waals surface area contributed by atoms with Crippen LogP contribution in [0.25, 0.3) is 0 Å². The summed E-state index contributed by atoms with van der Waals surface area (Å²) in [5, 5.41) is 3.74. The van der Waals surface area contributed by atoms with Crippen molar-refractivity contribution in [3.8, 4) is 11.5 Å². The lowest BCUT2D eigenvalue weighted by Gasteiger charge is -2.20. The second kappa shape index (κ2) is 8.71. The Kier molecular flexibility index (Phi) is 5.87. The van der Waals surface area contributed by atoms with Crippen molar-refractivity contribution in [2.75, 3.05) is 18.5 Å². The number of carbonyl (C=O) groups is 1. The molecule has 0 spiro atoms. The van der Waals surface area contributed by atoms with Gasteiger partial charge < -0.3 is 14.8 Å². The number of nitrogens with one attached hydrogen (secondary N) is 1. The average Bonchev–Trinajstić information content (AvgIpc) is 2.74. The van der Waals surface area contributed by atoms with Gasteiger partial charge in [-0.2, -0.15) is 0 Å². The highest BCUT2D eigenvalue weighted by Gasteiger charge is 2.19. The van der Waals surface area contributed by atoms with E-state index in [0.717, 1.165) is 5.56 Å². The van der Waals surface area contributed by atoms with Crippen LogP contribution in [0.4, 0.5) is 10.1 Å². The summed E-state index contributed by atoms with van der Waals surface area (Å²) in [6.45, 7) is 0.897. The predicted octanol–water partition coefficient (Wildman–Crippen LogP) is 5.19. The Labute approximate surface area is 176 Å². The van der Waals surface area contributed by atoms with Gasteiger partial charge in [-0.15, -0.1) is 11.8 Å². The maximum absolute atomic E-state index is 13.1. The first-order valence-corrected chi connectivity index (χ1v) is 10.2. The van der Waals surface area contributed by atoms with Crippen LogP contribution in [0.1, 0.15) is 15.9 Å². The van der Waals surface area contributed by atoms with E-state index in [0.29, 0.717) is 51.8 Å². The molecule has 148 valence electrons. The van der Waals surface area contributed by atoms with E-state index in [1.54, 1.807) is 42.6 Å². The number of thioether (sulfide) groups is 1. The third kappa shape index (κ3) is 4.63. The number of pyridine rings is 1. The summed E-state index contributed by atoms with van der Waals surface area (Å²) >= 11 is 7.68. The van der Waals surface area contributed by atoms with E-state index in [9.17, 15) is 9.18 Å². The second-order valence-electron chi connectivity index (χ2n) is 6.20. The summed E-state index contributed by atoms with van der Waals surface area (Å²) in [7, 11) is 0. The summed E-state index contributed by atoms with van der Waals surface area (Å²) in [5.74, 6) is 1.03. The normalized spacial score (nSPS) is 12.5. The standard InChI is InChI=1S/C21H16ClFN2O3S/c22-16-10-18-19(28-9-8-27-18)11-17(16)25-20(26)15-2-1-7-24-21(15)29-12-13-3-5-14(23)6-4-13/h1-7,10-11H,8-9,12H2,(H,25,26). The number of aromatic nitrogens is 1. The van der Waals surface area contributed by atoms with Gasteiger partial charge in [-0.1, -0.05) is 23.7 Å². The first-order chi connectivity index (χ1) is 14.1. The molecular formula is C21H16ClFN2O3S. The molecule has 1 aromatic heterocycles. The molecular weight excluding hydrogens is 415 g/mol. The first kappa shape index (κ1) is 19.5. The van der Waals surface area contributed by atoms with Crippen LogP contribution in [-0.2, 0) is 5.75 Å². The van der Waals surface area contributed by atoms with E-state index in [1.165, 1.54) is 23.9 Å². The van der Waals surface area contributed by atoms with Crippen LogP contribution in [0.2, 0.25) is 5.02 Å². The smallest absolute Gasteiger partial charge is 0.258 e. The molecule has 5 nitrogen and oxygen atoms in total.